The minimum Gasteiger partial charge on any atom is -0.504 e. The number of sulfone groups is 1. The van der Waals surface area contributed by atoms with E-state index in [0.29, 0.717) is 5.56 Å². The maximum absolute atomic E-state index is 12.6. The Kier molecular flexibility index (Phi) is 5.23. The summed E-state index contributed by atoms with van der Waals surface area (Å²) in [5.41, 5.74) is 0.689. The van der Waals surface area contributed by atoms with Crippen molar-refractivity contribution < 1.29 is 18.6 Å². The second-order valence-corrected chi connectivity index (χ2v) is 6.79. The van der Waals surface area contributed by atoms with Crippen molar-refractivity contribution in [3.05, 3.63) is 69.5 Å². The molecule has 2 aromatic rings. The fraction of sp³-hybridized carbons (Fsp3) is 0. The average molecular weight is 352 g/mol. The third-order valence-corrected chi connectivity index (χ3v) is 4.77. The van der Waals surface area contributed by atoms with Gasteiger partial charge >= 0.3 is 0 Å². The first-order valence-electron chi connectivity index (χ1n) is 6.94. The molecule has 0 radical (unpaired) electrons. The van der Waals surface area contributed by atoms with E-state index in [4.69, 9.17) is 0 Å². The molecule has 0 heterocycles. The molecule has 0 aliphatic rings. The highest BCUT2D eigenvalue weighted by molar-refractivity contribution is 7.99. The minimum absolute atomic E-state index is 0.187. The number of nitrogens with zero attached hydrogens (tertiary/aromatic N) is 2. The number of allylic oxidation sites excluding steroid dienone is 2. The summed E-state index contributed by atoms with van der Waals surface area (Å²) in [5.74, 6) is -0.830. The van der Waals surface area contributed by atoms with Crippen molar-refractivity contribution in [2.24, 2.45) is 0 Å². The van der Waals surface area contributed by atoms with Crippen molar-refractivity contribution in [3.8, 4) is 23.6 Å². The Hall–Kier alpha value is -3.55. The van der Waals surface area contributed by atoms with E-state index < -0.39 is 25.4 Å². The number of nitriles is 2. The first-order valence-corrected chi connectivity index (χ1v) is 8.42. The Labute approximate surface area is 144 Å². The summed E-state index contributed by atoms with van der Waals surface area (Å²) in [5, 5.41) is 37.2. The Morgan fingerprint density at radius 1 is 0.840 bits per heavy atom. The molecule has 0 atom stereocenters. The number of hydrogen-bond donors (Lipinski definition) is 2. The smallest absolute Gasteiger partial charge is 0.226 e. The number of benzene rings is 2. The van der Waals surface area contributed by atoms with E-state index in [0.717, 1.165) is 18.2 Å². The van der Waals surface area contributed by atoms with Gasteiger partial charge in [-0.3, -0.25) is 0 Å². The van der Waals surface area contributed by atoms with Gasteiger partial charge in [-0.25, -0.2) is 8.42 Å². The third kappa shape index (κ3) is 4.05. The van der Waals surface area contributed by atoms with Crippen LogP contribution in [0.4, 0.5) is 0 Å². The lowest BCUT2D eigenvalue weighted by Gasteiger charge is -2.03. The van der Waals surface area contributed by atoms with Crippen LogP contribution in [0.1, 0.15) is 11.1 Å². The maximum atomic E-state index is 12.6. The molecule has 2 rings (SSSR count). The van der Waals surface area contributed by atoms with Gasteiger partial charge in [0.15, 0.2) is 21.3 Å². The zero-order valence-electron chi connectivity index (χ0n) is 12.8. The van der Waals surface area contributed by atoms with Crippen LogP contribution in [0.5, 0.6) is 11.5 Å². The first kappa shape index (κ1) is 17.8. The van der Waals surface area contributed by atoms with Gasteiger partial charge < -0.3 is 10.2 Å². The molecule has 7 heteroatoms. The van der Waals surface area contributed by atoms with Gasteiger partial charge in [0.25, 0.3) is 0 Å². The largest absolute Gasteiger partial charge is 0.504 e. The zero-order chi connectivity index (χ0) is 18.4. The van der Waals surface area contributed by atoms with Crippen LogP contribution in [-0.2, 0) is 9.84 Å². The van der Waals surface area contributed by atoms with E-state index in [2.05, 4.69) is 0 Å². The summed E-state index contributed by atoms with van der Waals surface area (Å²) in [6, 6.07) is 15.1. The maximum Gasteiger partial charge on any atom is 0.226 e. The van der Waals surface area contributed by atoms with Crippen LogP contribution >= 0.6 is 0 Å². The molecular weight excluding hydrogens is 340 g/mol. The summed E-state index contributed by atoms with van der Waals surface area (Å²) in [7, 11) is -4.33. The van der Waals surface area contributed by atoms with Crippen LogP contribution in [0.15, 0.2) is 58.3 Å². The molecule has 0 unspecified atom stereocenters. The Balaban J connectivity index is 2.52. The van der Waals surface area contributed by atoms with Gasteiger partial charge in [0.1, 0.15) is 12.1 Å². The fourth-order valence-corrected chi connectivity index (χ4v) is 3.00. The van der Waals surface area contributed by atoms with Gasteiger partial charge in [0.05, 0.1) is 0 Å². The summed E-state index contributed by atoms with van der Waals surface area (Å²) < 4.78 is 25.1. The van der Waals surface area contributed by atoms with Gasteiger partial charge in [0, 0.05) is 0 Å². The summed E-state index contributed by atoms with van der Waals surface area (Å²) in [6.07, 6.45) is 2.19. The lowest BCUT2D eigenvalue weighted by Crippen LogP contribution is -2.05. The molecule has 0 bridgehead atoms. The molecule has 0 aromatic heterocycles. The van der Waals surface area contributed by atoms with Crippen LogP contribution in [0.25, 0.3) is 12.2 Å². The van der Waals surface area contributed by atoms with E-state index in [9.17, 15) is 29.2 Å². The number of rotatable bonds is 4. The highest BCUT2D eigenvalue weighted by Crippen LogP contribution is 2.27. The van der Waals surface area contributed by atoms with E-state index in [-0.39, 0.29) is 11.3 Å². The zero-order valence-corrected chi connectivity index (χ0v) is 13.6. The van der Waals surface area contributed by atoms with E-state index in [1.54, 1.807) is 42.5 Å². The molecule has 0 fully saturated rings. The summed E-state index contributed by atoms with van der Waals surface area (Å²) >= 11 is 0. The van der Waals surface area contributed by atoms with Gasteiger partial charge in [-0.15, -0.1) is 0 Å². The molecule has 0 aliphatic carbocycles. The predicted octanol–water partition coefficient (Wildman–Crippen LogP) is 2.94. The molecule has 0 saturated heterocycles. The second kappa shape index (κ2) is 7.35. The molecule has 2 N–H and O–H groups in total. The predicted molar refractivity (Wildman–Crippen MR) is 92.3 cm³/mol. The summed E-state index contributed by atoms with van der Waals surface area (Å²) in [4.78, 5) is -1.23. The highest BCUT2D eigenvalue weighted by atomic mass is 32.2. The third-order valence-electron chi connectivity index (χ3n) is 3.19. The monoisotopic (exact) mass is 352 g/mol. The van der Waals surface area contributed by atoms with E-state index >= 15 is 0 Å². The lowest BCUT2D eigenvalue weighted by molar-refractivity contribution is 0.403. The molecule has 0 saturated carbocycles. The van der Waals surface area contributed by atoms with Gasteiger partial charge in [-0.1, -0.05) is 36.4 Å². The Bertz CT molecular complexity index is 1040. The number of phenols is 2. The Morgan fingerprint density at radius 2 is 1.40 bits per heavy atom. The molecule has 124 valence electrons. The van der Waals surface area contributed by atoms with Crippen LogP contribution in [0, 0.1) is 22.7 Å². The van der Waals surface area contributed by atoms with Crippen molar-refractivity contribution >= 4 is 22.0 Å². The SMILES string of the molecule is N#CC(=Cc1ccccc1)S(=O)(=O)C(C#N)=Cc1ccc(O)c(O)c1. The molecule has 0 spiro atoms. The fourth-order valence-electron chi connectivity index (χ4n) is 1.94. The van der Waals surface area contributed by atoms with Crippen LogP contribution in [-0.4, -0.2) is 18.6 Å². The Morgan fingerprint density at radius 3 is 1.92 bits per heavy atom. The quantitative estimate of drug-likeness (QED) is 0.644. The van der Waals surface area contributed by atoms with Crippen molar-refractivity contribution in [3.63, 3.8) is 0 Å². The van der Waals surface area contributed by atoms with Crippen LogP contribution < -0.4 is 0 Å². The molecular formula is C18H12N2O4S. The van der Waals surface area contributed by atoms with Gasteiger partial charge in [0.2, 0.25) is 9.84 Å². The minimum atomic E-state index is -4.33. The number of aromatic hydroxyl groups is 2. The lowest BCUT2D eigenvalue weighted by atomic mass is 10.2. The normalized spacial score (nSPS) is 12.2. The average Bonchev–Trinajstić information content (AvgIpc) is 2.61. The molecule has 2 aromatic carbocycles. The number of phenolic OH excluding ortho intramolecular Hbond substituents is 2. The first-order chi connectivity index (χ1) is 11.9. The second-order valence-electron chi connectivity index (χ2n) is 4.90. The molecule has 25 heavy (non-hydrogen) atoms. The van der Waals surface area contributed by atoms with E-state index in [1.165, 1.54) is 12.1 Å². The summed E-state index contributed by atoms with van der Waals surface area (Å²) in [6.45, 7) is 0. The van der Waals surface area contributed by atoms with Crippen LogP contribution in [0.3, 0.4) is 0 Å². The van der Waals surface area contributed by atoms with Gasteiger partial charge in [-0.05, 0) is 35.4 Å². The van der Waals surface area contributed by atoms with Crippen LogP contribution in [0.2, 0.25) is 0 Å². The topological polar surface area (TPSA) is 122 Å². The van der Waals surface area contributed by atoms with Gasteiger partial charge in [-0.2, -0.15) is 10.5 Å². The van der Waals surface area contributed by atoms with Crippen molar-refractivity contribution in [2.45, 2.75) is 0 Å². The standard InChI is InChI=1S/C18H12N2O4S/c19-11-15(8-13-4-2-1-3-5-13)25(23,24)16(12-20)9-14-6-7-17(21)18(22)10-14/h1-10,21-22H. The molecule has 0 aliphatic heterocycles. The molecule has 0 amide bonds. The highest BCUT2D eigenvalue weighted by Gasteiger charge is 2.24. The van der Waals surface area contributed by atoms with E-state index in [1.807, 2.05) is 0 Å². The van der Waals surface area contributed by atoms with Crippen molar-refractivity contribution in [1.29, 1.82) is 10.5 Å². The van der Waals surface area contributed by atoms with Crippen molar-refractivity contribution in [2.75, 3.05) is 0 Å². The van der Waals surface area contributed by atoms with Crippen molar-refractivity contribution in [1.82, 2.24) is 0 Å². The molecule has 6 nitrogen and oxygen atoms in total. The number of hydrogen-bond acceptors (Lipinski definition) is 6.